The van der Waals surface area contributed by atoms with Gasteiger partial charge in [-0.15, -0.1) is 11.3 Å². The second-order valence-electron chi connectivity index (χ2n) is 5.82. The van der Waals surface area contributed by atoms with Crippen molar-refractivity contribution in [3.8, 4) is 11.1 Å². The number of halogens is 2. The van der Waals surface area contributed by atoms with Crippen LogP contribution in [0.3, 0.4) is 0 Å². The maximum Gasteiger partial charge on any atom is 0.282 e. The molecule has 0 spiro atoms. The second-order valence-corrected chi connectivity index (χ2v) is 8.58. The standard InChI is InChI=1S/C18H15F2N3O3S2/c1-10-22-15(17(19)20)16(27-10)18(24)23-14-5-3-2-4-13(14)11-6-8-12(9-7-11)28(21,25)26/h2-9,17H,1H3,(H,23,24)(H2,21,25,26). The Hall–Kier alpha value is -2.69. The van der Waals surface area contributed by atoms with Crippen molar-refractivity contribution in [1.29, 1.82) is 0 Å². The summed E-state index contributed by atoms with van der Waals surface area (Å²) in [6, 6.07) is 12.6. The van der Waals surface area contributed by atoms with Crippen molar-refractivity contribution in [1.82, 2.24) is 4.98 Å². The number of hydrogen-bond donors (Lipinski definition) is 2. The molecule has 0 bridgehead atoms. The Labute approximate surface area is 164 Å². The van der Waals surface area contributed by atoms with Crippen LogP contribution >= 0.6 is 11.3 Å². The molecule has 10 heteroatoms. The number of sulfonamides is 1. The van der Waals surface area contributed by atoms with Crippen LogP contribution in [0.1, 0.15) is 26.8 Å². The SMILES string of the molecule is Cc1nc(C(F)F)c(C(=O)Nc2ccccc2-c2ccc(S(N)(=O)=O)cc2)s1. The van der Waals surface area contributed by atoms with E-state index in [1.54, 1.807) is 43.3 Å². The molecule has 28 heavy (non-hydrogen) atoms. The van der Waals surface area contributed by atoms with Gasteiger partial charge in [0.15, 0.2) is 0 Å². The van der Waals surface area contributed by atoms with Gasteiger partial charge >= 0.3 is 0 Å². The fourth-order valence-corrected chi connectivity index (χ4v) is 3.94. The number of primary sulfonamides is 1. The van der Waals surface area contributed by atoms with Gasteiger partial charge in [0.2, 0.25) is 10.0 Å². The minimum absolute atomic E-state index is 0.0422. The van der Waals surface area contributed by atoms with E-state index in [1.807, 2.05) is 0 Å². The topological polar surface area (TPSA) is 102 Å². The molecule has 0 atom stereocenters. The third-order valence-electron chi connectivity index (χ3n) is 3.84. The largest absolute Gasteiger partial charge is 0.321 e. The Morgan fingerprint density at radius 1 is 1.14 bits per heavy atom. The van der Waals surface area contributed by atoms with Crippen molar-refractivity contribution in [3.05, 3.63) is 64.1 Å². The molecular formula is C18H15F2N3O3S2. The molecule has 0 radical (unpaired) electrons. The highest BCUT2D eigenvalue weighted by Gasteiger charge is 2.24. The van der Waals surface area contributed by atoms with Crippen molar-refractivity contribution in [3.63, 3.8) is 0 Å². The number of benzene rings is 2. The molecule has 0 saturated carbocycles. The summed E-state index contributed by atoms with van der Waals surface area (Å²) < 4.78 is 49.0. The lowest BCUT2D eigenvalue weighted by molar-refractivity contribution is 0.101. The first-order valence-electron chi connectivity index (χ1n) is 7.96. The maximum atomic E-state index is 13.1. The zero-order valence-corrected chi connectivity index (χ0v) is 16.2. The Bertz CT molecular complexity index is 1130. The molecule has 1 heterocycles. The van der Waals surface area contributed by atoms with Gasteiger partial charge < -0.3 is 5.32 Å². The molecule has 0 aliphatic rings. The highest BCUT2D eigenvalue weighted by Crippen LogP contribution is 2.31. The summed E-state index contributed by atoms with van der Waals surface area (Å²) in [4.78, 5) is 16.1. The van der Waals surface area contributed by atoms with Crippen molar-refractivity contribution in [2.45, 2.75) is 18.2 Å². The lowest BCUT2D eigenvalue weighted by atomic mass is 10.0. The van der Waals surface area contributed by atoms with Gasteiger partial charge in [0.05, 0.1) is 9.90 Å². The predicted octanol–water partition coefficient (Wildman–Crippen LogP) is 3.96. The van der Waals surface area contributed by atoms with E-state index in [2.05, 4.69) is 10.3 Å². The van der Waals surface area contributed by atoms with Crippen LogP contribution in [-0.2, 0) is 10.0 Å². The Kier molecular flexibility index (Phi) is 5.54. The summed E-state index contributed by atoms with van der Waals surface area (Å²) in [6.07, 6.45) is -2.85. The zero-order chi connectivity index (χ0) is 20.5. The Morgan fingerprint density at radius 3 is 2.39 bits per heavy atom. The number of rotatable bonds is 5. The number of amides is 1. The molecule has 2 aromatic carbocycles. The van der Waals surface area contributed by atoms with Gasteiger partial charge in [-0.05, 0) is 30.7 Å². The number of nitrogens with one attached hydrogen (secondary N) is 1. The molecule has 0 aliphatic carbocycles. The van der Waals surface area contributed by atoms with Crippen LogP contribution in [0.25, 0.3) is 11.1 Å². The fourth-order valence-electron chi connectivity index (χ4n) is 2.60. The number of carbonyl (C=O) groups is 1. The molecule has 1 amide bonds. The van der Waals surface area contributed by atoms with E-state index in [1.165, 1.54) is 12.1 Å². The molecule has 0 unspecified atom stereocenters. The molecule has 0 fully saturated rings. The third-order valence-corrected chi connectivity index (χ3v) is 5.76. The number of aromatic nitrogens is 1. The number of anilines is 1. The minimum atomic E-state index is -3.82. The number of alkyl halides is 2. The normalized spacial score (nSPS) is 11.6. The van der Waals surface area contributed by atoms with Crippen LogP contribution in [0.5, 0.6) is 0 Å². The van der Waals surface area contributed by atoms with E-state index >= 15 is 0 Å². The molecular weight excluding hydrogens is 408 g/mol. The first-order valence-corrected chi connectivity index (χ1v) is 10.3. The van der Waals surface area contributed by atoms with E-state index in [9.17, 15) is 22.0 Å². The van der Waals surface area contributed by atoms with Crippen molar-refractivity contribution >= 4 is 33.0 Å². The summed E-state index contributed by atoms with van der Waals surface area (Å²) in [5.74, 6) is -0.686. The van der Waals surface area contributed by atoms with Gasteiger partial charge in [0.25, 0.3) is 12.3 Å². The van der Waals surface area contributed by atoms with Crippen molar-refractivity contribution < 1.29 is 22.0 Å². The lowest BCUT2D eigenvalue weighted by Gasteiger charge is -2.11. The van der Waals surface area contributed by atoms with Gasteiger partial charge in [0, 0.05) is 11.3 Å². The van der Waals surface area contributed by atoms with Gasteiger partial charge in [0.1, 0.15) is 10.6 Å². The van der Waals surface area contributed by atoms with Crippen LogP contribution in [0.4, 0.5) is 14.5 Å². The molecule has 3 aromatic rings. The summed E-state index contributed by atoms with van der Waals surface area (Å²) >= 11 is 0.893. The molecule has 146 valence electrons. The summed E-state index contributed by atoms with van der Waals surface area (Å²) in [5.41, 5.74) is 1.06. The van der Waals surface area contributed by atoms with Crippen molar-refractivity contribution in [2.75, 3.05) is 5.32 Å². The van der Waals surface area contributed by atoms with Crippen LogP contribution in [-0.4, -0.2) is 19.3 Å². The number of aryl methyl sites for hydroxylation is 1. The summed E-state index contributed by atoms with van der Waals surface area (Å²) in [7, 11) is -3.82. The van der Waals surface area contributed by atoms with Crippen LogP contribution < -0.4 is 10.5 Å². The number of nitrogens with two attached hydrogens (primary N) is 1. The molecule has 0 saturated heterocycles. The minimum Gasteiger partial charge on any atom is -0.321 e. The van der Waals surface area contributed by atoms with Crippen molar-refractivity contribution in [2.24, 2.45) is 5.14 Å². The van der Waals surface area contributed by atoms with Gasteiger partial charge in [-0.2, -0.15) is 0 Å². The van der Waals surface area contributed by atoms with E-state index in [0.29, 0.717) is 21.8 Å². The van der Waals surface area contributed by atoms with Crippen LogP contribution in [0.15, 0.2) is 53.4 Å². The molecule has 3 N–H and O–H groups in total. The highest BCUT2D eigenvalue weighted by molar-refractivity contribution is 7.89. The van der Waals surface area contributed by atoms with Gasteiger partial charge in [-0.1, -0.05) is 30.3 Å². The number of hydrogen-bond acceptors (Lipinski definition) is 5. The number of nitrogens with zero attached hydrogens (tertiary/aromatic N) is 1. The maximum absolute atomic E-state index is 13.1. The molecule has 3 rings (SSSR count). The second kappa shape index (κ2) is 7.74. The quantitative estimate of drug-likeness (QED) is 0.648. The smallest absolute Gasteiger partial charge is 0.282 e. The lowest BCUT2D eigenvalue weighted by Crippen LogP contribution is -2.13. The van der Waals surface area contributed by atoms with Gasteiger partial charge in [-0.25, -0.2) is 27.3 Å². The summed E-state index contributed by atoms with van der Waals surface area (Å²) in [6.45, 7) is 1.55. The average molecular weight is 423 g/mol. The van der Waals surface area contributed by atoms with E-state index in [4.69, 9.17) is 5.14 Å². The van der Waals surface area contributed by atoms with E-state index in [0.717, 1.165) is 11.3 Å². The molecule has 6 nitrogen and oxygen atoms in total. The first kappa shape index (κ1) is 20.1. The first-order chi connectivity index (χ1) is 13.2. The monoisotopic (exact) mass is 423 g/mol. The van der Waals surface area contributed by atoms with E-state index < -0.39 is 28.0 Å². The van der Waals surface area contributed by atoms with Crippen LogP contribution in [0.2, 0.25) is 0 Å². The highest BCUT2D eigenvalue weighted by atomic mass is 32.2. The van der Waals surface area contributed by atoms with Crippen LogP contribution in [0, 0.1) is 6.92 Å². The number of para-hydroxylation sites is 1. The van der Waals surface area contributed by atoms with E-state index in [-0.39, 0.29) is 9.77 Å². The zero-order valence-electron chi connectivity index (χ0n) is 14.5. The number of thiazole rings is 1. The predicted molar refractivity (Wildman–Crippen MR) is 103 cm³/mol. The number of carbonyl (C=O) groups excluding carboxylic acids is 1. The fraction of sp³-hybridized carbons (Fsp3) is 0.111. The third kappa shape index (κ3) is 4.24. The van der Waals surface area contributed by atoms with Gasteiger partial charge in [-0.3, -0.25) is 4.79 Å². The molecule has 0 aliphatic heterocycles. The molecule has 1 aromatic heterocycles. The Balaban J connectivity index is 1.94. The summed E-state index contributed by atoms with van der Waals surface area (Å²) in [5, 5.41) is 8.10. The average Bonchev–Trinajstić information content (AvgIpc) is 3.04. The Morgan fingerprint density at radius 2 is 1.79 bits per heavy atom.